The average molecular weight is 282 g/mol. The number of halogens is 3. The monoisotopic (exact) mass is 281 g/mol. The third-order valence-electron chi connectivity index (χ3n) is 1.38. The number of thiocarbonyl (C=S) groups is 1. The standard InChI is InChI=1S/C7H6BrF2N3S/c8-4-1-3(9)2-5(10)6(4)12-7(14)13-11/h1-2H,11H2,(H2,12,13,14). The molecule has 0 amide bonds. The van der Waals surface area contributed by atoms with Crippen LogP contribution in [0.15, 0.2) is 16.6 Å². The van der Waals surface area contributed by atoms with Crippen LogP contribution in [0.1, 0.15) is 0 Å². The molecule has 1 aromatic rings. The van der Waals surface area contributed by atoms with Crippen LogP contribution in [0.2, 0.25) is 0 Å². The van der Waals surface area contributed by atoms with E-state index in [1.54, 1.807) is 0 Å². The summed E-state index contributed by atoms with van der Waals surface area (Å²) >= 11 is 7.65. The summed E-state index contributed by atoms with van der Waals surface area (Å²) in [5.41, 5.74) is 2.16. The second kappa shape index (κ2) is 4.63. The number of anilines is 1. The number of hydrogen-bond acceptors (Lipinski definition) is 2. The van der Waals surface area contributed by atoms with Crippen LogP contribution >= 0.6 is 28.1 Å². The van der Waals surface area contributed by atoms with Crippen molar-refractivity contribution in [3.8, 4) is 0 Å². The Labute approximate surface area is 92.8 Å². The van der Waals surface area contributed by atoms with Crippen LogP contribution < -0.4 is 16.6 Å². The Morgan fingerprint density at radius 2 is 2.07 bits per heavy atom. The molecule has 0 atom stereocenters. The highest BCUT2D eigenvalue weighted by atomic mass is 79.9. The van der Waals surface area contributed by atoms with E-state index in [9.17, 15) is 8.78 Å². The first kappa shape index (κ1) is 11.3. The molecule has 0 aliphatic carbocycles. The van der Waals surface area contributed by atoms with Crippen molar-refractivity contribution in [3.05, 3.63) is 28.2 Å². The van der Waals surface area contributed by atoms with Crippen LogP contribution in [0.4, 0.5) is 14.5 Å². The van der Waals surface area contributed by atoms with Gasteiger partial charge in [0.05, 0.1) is 5.69 Å². The molecule has 3 nitrogen and oxygen atoms in total. The molecule has 0 saturated heterocycles. The van der Waals surface area contributed by atoms with Crippen LogP contribution in [-0.2, 0) is 0 Å². The van der Waals surface area contributed by atoms with E-state index in [-0.39, 0.29) is 15.3 Å². The summed E-state index contributed by atoms with van der Waals surface area (Å²) < 4.78 is 26.0. The number of nitrogens with one attached hydrogen (secondary N) is 2. The predicted molar refractivity (Wildman–Crippen MR) is 57.6 cm³/mol. The molecule has 0 aliphatic rings. The number of hydrazine groups is 1. The predicted octanol–water partition coefficient (Wildman–Crippen LogP) is 1.89. The van der Waals surface area contributed by atoms with E-state index in [0.717, 1.165) is 12.1 Å². The Kier molecular flexibility index (Phi) is 3.73. The number of nitrogens with two attached hydrogens (primary N) is 1. The van der Waals surface area contributed by atoms with Crippen molar-refractivity contribution in [2.45, 2.75) is 0 Å². The summed E-state index contributed by atoms with van der Waals surface area (Å²) in [5.74, 6) is 3.55. The van der Waals surface area contributed by atoms with Crippen LogP contribution in [0, 0.1) is 11.6 Å². The zero-order valence-corrected chi connectivity index (χ0v) is 9.18. The highest BCUT2D eigenvalue weighted by molar-refractivity contribution is 9.10. The van der Waals surface area contributed by atoms with Crippen molar-refractivity contribution in [2.75, 3.05) is 5.32 Å². The Morgan fingerprint density at radius 1 is 1.43 bits per heavy atom. The maximum atomic E-state index is 13.1. The molecule has 0 aliphatic heterocycles. The van der Waals surface area contributed by atoms with Gasteiger partial charge >= 0.3 is 0 Å². The molecule has 0 spiro atoms. The van der Waals surface area contributed by atoms with Gasteiger partial charge in [0.1, 0.15) is 5.82 Å². The second-order valence-corrected chi connectivity index (χ2v) is 3.61. The van der Waals surface area contributed by atoms with Gasteiger partial charge in [-0.3, -0.25) is 0 Å². The van der Waals surface area contributed by atoms with Gasteiger partial charge in [0.25, 0.3) is 0 Å². The van der Waals surface area contributed by atoms with Crippen LogP contribution in [0.5, 0.6) is 0 Å². The molecule has 0 saturated carbocycles. The van der Waals surface area contributed by atoms with E-state index in [1.807, 2.05) is 0 Å². The molecule has 0 radical (unpaired) electrons. The third-order valence-corrected chi connectivity index (χ3v) is 2.22. The van der Waals surface area contributed by atoms with E-state index in [4.69, 9.17) is 5.84 Å². The summed E-state index contributed by atoms with van der Waals surface area (Å²) in [7, 11) is 0. The molecule has 0 bridgehead atoms. The largest absolute Gasteiger partial charge is 0.328 e. The molecule has 0 fully saturated rings. The highest BCUT2D eigenvalue weighted by Gasteiger charge is 2.10. The maximum absolute atomic E-state index is 13.1. The lowest BCUT2D eigenvalue weighted by Crippen LogP contribution is -2.34. The zero-order chi connectivity index (χ0) is 10.7. The second-order valence-electron chi connectivity index (χ2n) is 2.34. The minimum Gasteiger partial charge on any atom is -0.328 e. The Morgan fingerprint density at radius 3 is 2.57 bits per heavy atom. The van der Waals surface area contributed by atoms with Crippen molar-refractivity contribution in [1.82, 2.24) is 5.43 Å². The fraction of sp³-hybridized carbons (Fsp3) is 0. The van der Waals surface area contributed by atoms with Crippen molar-refractivity contribution in [1.29, 1.82) is 0 Å². The van der Waals surface area contributed by atoms with Crippen LogP contribution in [0.25, 0.3) is 0 Å². The first-order valence-corrected chi connectivity index (χ1v) is 4.67. The van der Waals surface area contributed by atoms with Gasteiger partial charge in [0.2, 0.25) is 0 Å². The zero-order valence-electron chi connectivity index (χ0n) is 6.77. The van der Waals surface area contributed by atoms with Crippen LogP contribution in [-0.4, -0.2) is 5.11 Å². The Bertz CT molecular complexity index is 349. The molecule has 0 unspecified atom stereocenters. The molecular weight excluding hydrogens is 276 g/mol. The smallest absolute Gasteiger partial charge is 0.185 e. The number of rotatable bonds is 1. The van der Waals surface area contributed by atoms with Gasteiger partial charge in [0, 0.05) is 10.5 Å². The van der Waals surface area contributed by atoms with Gasteiger partial charge in [-0.2, -0.15) is 0 Å². The van der Waals surface area contributed by atoms with Gasteiger partial charge in [-0.05, 0) is 34.2 Å². The van der Waals surface area contributed by atoms with E-state index >= 15 is 0 Å². The van der Waals surface area contributed by atoms with Crippen molar-refractivity contribution < 1.29 is 8.78 Å². The van der Waals surface area contributed by atoms with E-state index in [0.29, 0.717) is 0 Å². The fourth-order valence-corrected chi connectivity index (χ4v) is 1.42. The highest BCUT2D eigenvalue weighted by Crippen LogP contribution is 2.26. The van der Waals surface area contributed by atoms with E-state index < -0.39 is 11.6 Å². The van der Waals surface area contributed by atoms with Gasteiger partial charge in [-0.15, -0.1) is 0 Å². The normalized spacial score (nSPS) is 9.71. The molecule has 4 N–H and O–H groups in total. The molecule has 76 valence electrons. The van der Waals surface area contributed by atoms with E-state index in [1.165, 1.54) is 0 Å². The maximum Gasteiger partial charge on any atom is 0.185 e. The third kappa shape index (κ3) is 2.60. The lowest BCUT2D eigenvalue weighted by Gasteiger charge is -2.09. The van der Waals surface area contributed by atoms with Crippen LogP contribution in [0.3, 0.4) is 0 Å². The lowest BCUT2D eigenvalue weighted by molar-refractivity contribution is 0.585. The number of hydrogen-bond donors (Lipinski definition) is 3. The molecule has 0 heterocycles. The summed E-state index contributed by atoms with van der Waals surface area (Å²) in [5, 5.41) is 2.50. The lowest BCUT2D eigenvalue weighted by atomic mass is 10.3. The molecule has 1 rings (SSSR count). The first-order chi connectivity index (χ1) is 6.54. The van der Waals surface area contributed by atoms with Crippen molar-refractivity contribution in [3.63, 3.8) is 0 Å². The van der Waals surface area contributed by atoms with Gasteiger partial charge in [-0.1, -0.05) is 0 Å². The quantitative estimate of drug-likeness (QED) is 0.418. The van der Waals surface area contributed by atoms with Gasteiger partial charge < -0.3 is 10.7 Å². The van der Waals surface area contributed by atoms with E-state index in [2.05, 4.69) is 38.9 Å². The molecule has 7 heteroatoms. The Balaban J connectivity index is 3.02. The summed E-state index contributed by atoms with van der Waals surface area (Å²) in [6.07, 6.45) is 0. The summed E-state index contributed by atoms with van der Waals surface area (Å²) in [6.45, 7) is 0. The molecule has 14 heavy (non-hydrogen) atoms. The minimum absolute atomic E-state index is 0.0364. The first-order valence-electron chi connectivity index (χ1n) is 3.46. The minimum atomic E-state index is -0.755. The summed E-state index contributed by atoms with van der Waals surface area (Å²) in [6, 6.07) is 1.86. The number of benzene rings is 1. The van der Waals surface area contributed by atoms with Gasteiger partial charge in [-0.25, -0.2) is 14.6 Å². The van der Waals surface area contributed by atoms with Crippen molar-refractivity contribution >= 4 is 38.9 Å². The fourth-order valence-electron chi connectivity index (χ4n) is 0.811. The molecule has 0 aromatic heterocycles. The van der Waals surface area contributed by atoms with Gasteiger partial charge in [0.15, 0.2) is 10.9 Å². The summed E-state index contributed by atoms with van der Waals surface area (Å²) in [4.78, 5) is 0. The molecular formula is C7H6BrF2N3S. The topological polar surface area (TPSA) is 50.1 Å². The Hall–Kier alpha value is -0.790. The van der Waals surface area contributed by atoms with Crippen molar-refractivity contribution in [2.24, 2.45) is 5.84 Å². The SMILES string of the molecule is NNC(=S)Nc1c(F)cc(F)cc1Br. The average Bonchev–Trinajstić information content (AvgIpc) is 2.10. The molecule has 1 aromatic carbocycles.